The highest BCUT2D eigenvalue weighted by molar-refractivity contribution is 6.32. The van der Waals surface area contributed by atoms with Gasteiger partial charge in [0, 0.05) is 24.2 Å². The van der Waals surface area contributed by atoms with Crippen LogP contribution < -0.4 is 20.7 Å². The van der Waals surface area contributed by atoms with Gasteiger partial charge < -0.3 is 20.7 Å². The van der Waals surface area contributed by atoms with Crippen molar-refractivity contribution in [1.82, 2.24) is 16.0 Å². The fourth-order valence-electron chi connectivity index (χ4n) is 4.90. The van der Waals surface area contributed by atoms with E-state index >= 15 is 0 Å². The number of amides is 3. The second-order valence-corrected chi connectivity index (χ2v) is 11.1. The lowest BCUT2D eigenvalue weighted by Gasteiger charge is -2.30. The van der Waals surface area contributed by atoms with Gasteiger partial charge in [-0.25, -0.2) is 0 Å². The van der Waals surface area contributed by atoms with Gasteiger partial charge in [-0.3, -0.25) is 14.4 Å². The van der Waals surface area contributed by atoms with E-state index < -0.39 is 12.0 Å². The molecule has 8 heteroatoms. The van der Waals surface area contributed by atoms with Crippen LogP contribution in [0.15, 0.2) is 54.6 Å². The summed E-state index contributed by atoms with van der Waals surface area (Å²) in [5.41, 5.74) is 3.40. The molecule has 0 saturated heterocycles. The molecule has 0 aliphatic heterocycles. The molecule has 0 heterocycles. The number of rotatable bonds is 17. The van der Waals surface area contributed by atoms with E-state index in [1.807, 2.05) is 39.0 Å². The molecule has 0 fully saturated rings. The fraction of sp³-hybridized carbons (Fsp3) is 0.469. The molecule has 0 radical (unpaired) electrons. The standard InChI is InChI=1S/C32H44ClN3O4/c1-21(2)17-29(22(3)14-15-25-11-8-7-9-12-25)36-32(39)27(13-10-16-34-20-37)24(5)35-31(38)26-18-23(4)30(40-6)28(33)19-26/h7-9,11-12,18-20,22,24,27,29H,1,10,13-17H2,2-6H3,(H,34,37)(H,35,38)(H,36,39). The van der Waals surface area contributed by atoms with Crippen LogP contribution in [0.2, 0.25) is 5.02 Å². The molecule has 40 heavy (non-hydrogen) atoms. The Morgan fingerprint density at radius 1 is 1.10 bits per heavy atom. The molecule has 2 aromatic carbocycles. The minimum atomic E-state index is -0.499. The first-order valence-electron chi connectivity index (χ1n) is 13.9. The summed E-state index contributed by atoms with van der Waals surface area (Å²) in [7, 11) is 1.53. The zero-order valence-corrected chi connectivity index (χ0v) is 25.1. The van der Waals surface area contributed by atoms with Crippen LogP contribution in [0.4, 0.5) is 0 Å². The Balaban J connectivity index is 2.17. The summed E-state index contributed by atoms with van der Waals surface area (Å²) in [4.78, 5) is 37.6. The smallest absolute Gasteiger partial charge is 0.251 e. The molecular weight excluding hydrogens is 526 g/mol. The number of ether oxygens (including phenoxy) is 1. The van der Waals surface area contributed by atoms with Gasteiger partial charge in [0.05, 0.1) is 18.1 Å². The highest BCUT2D eigenvalue weighted by atomic mass is 35.5. The molecule has 0 aliphatic carbocycles. The van der Waals surface area contributed by atoms with Crippen molar-refractivity contribution in [3.8, 4) is 5.75 Å². The Bertz CT molecular complexity index is 1120. The van der Waals surface area contributed by atoms with Crippen LogP contribution in [0, 0.1) is 18.8 Å². The molecule has 0 spiro atoms. The molecule has 7 nitrogen and oxygen atoms in total. The van der Waals surface area contributed by atoms with Crippen molar-refractivity contribution >= 4 is 29.8 Å². The number of aryl methyl sites for hydroxylation is 2. The van der Waals surface area contributed by atoms with Gasteiger partial charge in [-0.15, -0.1) is 6.58 Å². The Morgan fingerprint density at radius 3 is 2.40 bits per heavy atom. The lowest BCUT2D eigenvalue weighted by atomic mass is 9.88. The van der Waals surface area contributed by atoms with E-state index in [0.717, 1.165) is 24.0 Å². The van der Waals surface area contributed by atoms with Crippen LogP contribution in [0.3, 0.4) is 0 Å². The number of carbonyl (C=O) groups excluding carboxylic acids is 3. The topological polar surface area (TPSA) is 96.5 Å². The first kappa shape index (κ1) is 32.9. The fourth-order valence-corrected chi connectivity index (χ4v) is 5.25. The predicted octanol–water partition coefficient (Wildman–Crippen LogP) is 5.64. The van der Waals surface area contributed by atoms with Gasteiger partial charge in [0.2, 0.25) is 12.3 Å². The third-order valence-electron chi connectivity index (χ3n) is 7.23. The monoisotopic (exact) mass is 569 g/mol. The van der Waals surface area contributed by atoms with Gasteiger partial charge in [0.15, 0.2) is 0 Å². The molecular formula is C32H44ClN3O4. The van der Waals surface area contributed by atoms with Crippen molar-refractivity contribution in [2.45, 2.75) is 71.9 Å². The van der Waals surface area contributed by atoms with Gasteiger partial charge in [-0.1, -0.05) is 54.4 Å². The van der Waals surface area contributed by atoms with Gasteiger partial charge in [-0.2, -0.15) is 0 Å². The van der Waals surface area contributed by atoms with E-state index in [1.54, 1.807) is 12.1 Å². The van der Waals surface area contributed by atoms with Crippen LogP contribution >= 0.6 is 11.6 Å². The second-order valence-electron chi connectivity index (χ2n) is 10.7. The Labute approximate surface area is 244 Å². The van der Waals surface area contributed by atoms with Crippen molar-refractivity contribution in [3.63, 3.8) is 0 Å². The number of halogens is 1. The van der Waals surface area contributed by atoms with E-state index in [9.17, 15) is 14.4 Å². The molecule has 2 rings (SSSR count). The Morgan fingerprint density at radius 2 is 1.80 bits per heavy atom. The average Bonchev–Trinajstić information content (AvgIpc) is 2.91. The summed E-state index contributed by atoms with van der Waals surface area (Å²) in [6, 6.07) is 13.0. The van der Waals surface area contributed by atoms with Gasteiger partial charge in [0.1, 0.15) is 5.75 Å². The normalized spacial score (nSPS) is 13.8. The summed E-state index contributed by atoms with van der Waals surface area (Å²) in [6.07, 6.45) is 4.24. The highest BCUT2D eigenvalue weighted by Crippen LogP contribution is 2.29. The van der Waals surface area contributed by atoms with Crippen LogP contribution in [0.5, 0.6) is 5.75 Å². The predicted molar refractivity (Wildman–Crippen MR) is 162 cm³/mol. The van der Waals surface area contributed by atoms with Crippen molar-refractivity contribution in [2.24, 2.45) is 11.8 Å². The van der Waals surface area contributed by atoms with Crippen LogP contribution in [0.25, 0.3) is 0 Å². The number of nitrogens with one attached hydrogen (secondary N) is 3. The molecule has 3 amide bonds. The number of hydrogen-bond acceptors (Lipinski definition) is 4. The maximum absolute atomic E-state index is 13.7. The third kappa shape index (κ3) is 10.3. The molecule has 0 bridgehead atoms. The maximum atomic E-state index is 13.7. The molecule has 4 unspecified atom stereocenters. The molecule has 218 valence electrons. The van der Waals surface area contributed by atoms with E-state index in [0.29, 0.717) is 48.6 Å². The molecule has 2 aromatic rings. The van der Waals surface area contributed by atoms with E-state index in [1.165, 1.54) is 12.7 Å². The number of methoxy groups -OCH3 is 1. The minimum Gasteiger partial charge on any atom is -0.495 e. The van der Waals surface area contributed by atoms with Crippen molar-refractivity contribution in [1.29, 1.82) is 0 Å². The largest absolute Gasteiger partial charge is 0.495 e. The van der Waals surface area contributed by atoms with Crippen LogP contribution in [-0.2, 0) is 16.0 Å². The first-order chi connectivity index (χ1) is 19.1. The van der Waals surface area contributed by atoms with Crippen molar-refractivity contribution in [2.75, 3.05) is 13.7 Å². The number of benzene rings is 2. The summed E-state index contributed by atoms with van der Waals surface area (Å²) < 4.78 is 5.30. The van der Waals surface area contributed by atoms with Crippen LogP contribution in [-0.4, -0.2) is 44.0 Å². The maximum Gasteiger partial charge on any atom is 0.251 e. The van der Waals surface area contributed by atoms with E-state index in [4.69, 9.17) is 16.3 Å². The van der Waals surface area contributed by atoms with Crippen molar-refractivity contribution in [3.05, 3.63) is 76.3 Å². The zero-order valence-electron chi connectivity index (χ0n) is 24.4. The Hall–Kier alpha value is -3.32. The lowest BCUT2D eigenvalue weighted by Crippen LogP contribution is -2.49. The molecule has 0 aliphatic rings. The number of carbonyl (C=O) groups is 3. The van der Waals surface area contributed by atoms with Crippen LogP contribution in [0.1, 0.15) is 67.9 Å². The first-order valence-corrected chi connectivity index (χ1v) is 14.3. The van der Waals surface area contributed by atoms with E-state index in [2.05, 4.69) is 41.6 Å². The average molecular weight is 570 g/mol. The Kier molecular flexibility index (Phi) is 13.7. The summed E-state index contributed by atoms with van der Waals surface area (Å²) in [5.74, 6) is -0.204. The molecule has 0 aromatic heterocycles. The summed E-state index contributed by atoms with van der Waals surface area (Å²) >= 11 is 6.31. The zero-order chi connectivity index (χ0) is 29.7. The van der Waals surface area contributed by atoms with Gasteiger partial charge in [-0.05, 0) is 82.1 Å². The quantitative estimate of drug-likeness (QED) is 0.130. The third-order valence-corrected chi connectivity index (χ3v) is 7.51. The number of hydrogen-bond donors (Lipinski definition) is 3. The minimum absolute atomic E-state index is 0.0877. The SMILES string of the molecule is C=C(C)CC(NC(=O)C(CCCNC=O)C(C)NC(=O)c1cc(C)c(OC)c(Cl)c1)C(C)CCc1ccccc1. The molecule has 4 atom stereocenters. The summed E-state index contributed by atoms with van der Waals surface area (Å²) in [5, 5.41) is 9.27. The highest BCUT2D eigenvalue weighted by Gasteiger charge is 2.30. The molecule has 3 N–H and O–H groups in total. The van der Waals surface area contributed by atoms with E-state index in [-0.39, 0.29) is 23.8 Å². The molecule has 0 saturated carbocycles. The second kappa shape index (κ2) is 16.7. The summed E-state index contributed by atoms with van der Waals surface area (Å²) in [6.45, 7) is 12.3. The van der Waals surface area contributed by atoms with Gasteiger partial charge >= 0.3 is 0 Å². The van der Waals surface area contributed by atoms with Gasteiger partial charge in [0.25, 0.3) is 5.91 Å². The lowest BCUT2D eigenvalue weighted by molar-refractivity contribution is -0.127. The van der Waals surface area contributed by atoms with Crippen molar-refractivity contribution < 1.29 is 19.1 Å².